The monoisotopic (exact) mass is 107 g/mol. The molecule has 0 unspecified atom stereocenters. The van der Waals surface area contributed by atoms with Gasteiger partial charge in [-0.2, -0.15) is 0 Å². The Labute approximate surface area is 48.6 Å². The van der Waals surface area contributed by atoms with Gasteiger partial charge in [-0.3, -0.25) is 4.98 Å². The van der Waals surface area contributed by atoms with Crippen LogP contribution in [-0.2, 0) is 0 Å². The summed E-state index contributed by atoms with van der Waals surface area (Å²) in [7, 11) is 1.88. The second kappa shape index (κ2) is 1.86. The molecule has 0 bridgehead atoms. The van der Waals surface area contributed by atoms with Crippen LogP contribution in [0.3, 0.4) is 0 Å². The maximum absolute atomic E-state index is 8.75. The van der Waals surface area contributed by atoms with Crippen LogP contribution in [0.2, 0.25) is 0 Å². The number of nitrogens with zero attached hydrogens (tertiary/aromatic N) is 1. The number of hydrogen-bond acceptors (Lipinski definition) is 2. The van der Waals surface area contributed by atoms with Crippen molar-refractivity contribution in [1.29, 1.82) is 0 Å². The molecule has 40 valence electrons. The maximum atomic E-state index is 8.75. The van der Waals surface area contributed by atoms with Crippen molar-refractivity contribution in [2.75, 3.05) is 0 Å². The molecule has 0 aromatic carbocycles. The van der Waals surface area contributed by atoms with E-state index in [1.165, 1.54) is 6.20 Å². The summed E-state index contributed by atoms with van der Waals surface area (Å²) in [6.07, 6.45) is 3.10. The van der Waals surface area contributed by atoms with Crippen LogP contribution in [0.15, 0.2) is 18.5 Å². The fourth-order valence-corrected chi connectivity index (χ4v) is 0.539. The summed E-state index contributed by atoms with van der Waals surface area (Å²) in [5, 5.41) is 8.75. The molecule has 1 aromatic rings. The van der Waals surface area contributed by atoms with Gasteiger partial charge in [0.1, 0.15) is 13.6 Å². The smallest absolute Gasteiger partial charge is 0.141 e. The topological polar surface area (TPSA) is 33.1 Å². The van der Waals surface area contributed by atoms with Crippen molar-refractivity contribution in [3.63, 3.8) is 0 Å². The minimum atomic E-state index is 0.227. The Morgan fingerprint density at radius 3 is 2.62 bits per heavy atom. The van der Waals surface area contributed by atoms with Crippen LogP contribution in [0.4, 0.5) is 0 Å². The maximum Gasteiger partial charge on any atom is 0.141 e. The third kappa shape index (κ3) is 0.995. The van der Waals surface area contributed by atoms with E-state index in [2.05, 4.69) is 4.98 Å². The SMILES string of the molecule is Bc1cncc(O)c1. The standard InChI is InChI=1S/C5H6BNO/c6-4-1-5(8)3-7-2-4/h1-3,8H,6H2. The third-order valence-corrected chi connectivity index (χ3v) is 0.861. The average molecular weight is 107 g/mol. The Bertz CT molecular complexity index is 172. The van der Waals surface area contributed by atoms with E-state index in [4.69, 9.17) is 5.11 Å². The van der Waals surface area contributed by atoms with E-state index in [1.54, 1.807) is 12.3 Å². The number of pyridine rings is 1. The molecule has 0 atom stereocenters. The molecule has 8 heavy (non-hydrogen) atoms. The van der Waals surface area contributed by atoms with Crippen molar-refractivity contribution >= 4 is 13.3 Å². The Balaban J connectivity index is 3.08. The summed E-state index contributed by atoms with van der Waals surface area (Å²) < 4.78 is 0. The van der Waals surface area contributed by atoms with Crippen LogP contribution in [0, 0.1) is 0 Å². The number of rotatable bonds is 0. The third-order valence-electron chi connectivity index (χ3n) is 0.861. The van der Waals surface area contributed by atoms with Gasteiger partial charge in [-0.15, -0.1) is 0 Å². The molecule has 1 heterocycles. The van der Waals surface area contributed by atoms with Gasteiger partial charge in [0.15, 0.2) is 0 Å². The highest BCUT2D eigenvalue weighted by Crippen LogP contribution is 1.97. The Morgan fingerprint density at radius 2 is 2.25 bits per heavy atom. The van der Waals surface area contributed by atoms with Crippen LogP contribution in [0.25, 0.3) is 0 Å². The zero-order valence-corrected chi connectivity index (χ0v) is 4.63. The van der Waals surface area contributed by atoms with Crippen LogP contribution < -0.4 is 5.46 Å². The molecule has 1 N–H and O–H groups in total. The van der Waals surface area contributed by atoms with Gasteiger partial charge in [-0.25, -0.2) is 0 Å². The zero-order chi connectivity index (χ0) is 5.98. The number of aromatic hydroxyl groups is 1. The first-order valence-electron chi connectivity index (χ1n) is 2.39. The van der Waals surface area contributed by atoms with E-state index in [9.17, 15) is 0 Å². The van der Waals surface area contributed by atoms with Gasteiger partial charge in [0, 0.05) is 6.20 Å². The lowest BCUT2D eigenvalue weighted by molar-refractivity contribution is 0.473. The van der Waals surface area contributed by atoms with E-state index in [-0.39, 0.29) is 5.75 Å². The lowest BCUT2D eigenvalue weighted by atomic mass is 9.99. The van der Waals surface area contributed by atoms with Crippen molar-refractivity contribution in [2.24, 2.45) is 0 Å². The molecule has 0 spiro atoms. The summed E-state index contributed by atoms with van der Waals surface area (Å²) >= 11 is 0. The highest BCUT2D eigenvalue weighted by molar-refractivity contribution is 6.32. The molecule has 0 aliphatic rings. The molecule has 0 amide bonds. The molecule has 0 aliphatic carbocycles. The Kier molecular flexibility index (Phi) is 1.20. The van der Waals surface area contributed by atoms with Gasteiger partial charge < -0.3 is 5.11 Å². The van der Waals surface area contributed by atoms with Crippen LogP contribution in [0.5, 0.6) is 5.75 Å². The predicted molar refractivity (Wildman–Crippen MR) is 34.1 cm³/mol. The Morgan fingerprint density at radius 1 is 1.50 bits per heavy atom. The van der Waals surface area contributed by atoms with E-state index in [0.717, 1.165) is 5.46 Å². The highest BCUT2D eigenvalue weighted by Gasteiger charge is 1.84. The number of aromatic nitrogens is 1. The molecule has 0 aliphatic heterocycles. The van der Waals surface area contributed by atoms with Crippen LogP contribution in [0.1, 0.15) is 0 Å². The molecule has 1 rings (SSSR count). The Hall–Kier alpha value is -0.985. The first-order chi connectivity index (χ1) is 3.79. The van der Waals surface area contributed by atoms with Crippen molar-refractivity contribution in [3.05, 3.63) is 18.5 Å². The molecule has 0 fully saturated rings. The molecule has 3 heteroatoms. The van der Waals surface area contributed by atoms with Crippen molar-refractivity contribution in [3.8, 4) is 5.75 Å². The fraction of sp³-hybridized carbons (Fsp3) is 0. The number of hydrogen-bond donors (Lipinski definition) is 1. The molecule has 2 nitrogen and oxygen atoms in total. The quantitative estimate of drug-likeness (QED) is 0.433. The minimum Gasteiger partial charge on any atom is -0.506 e. The molecule has 0 saturated heterocycles. The predicted octanol–water partition coefficient (Wildman–Crippen LogP) is -0.954. The average Bonchev–Trinajstić information content (AvgIpc) is 1.64. The molecular formula is C5H6BNO. The minimum absolute atomic E-state index is 0.227. The van der Waals surface area contributed by atoms with E-state index >= 15 is 0 Å². The van der Waals surface area contributed by atoms with Gasteiger partial charge >= 0.3 is 0 Å². The largest absolute Gasteiger partial charge is 0.506 e. The summed E-state index contributed by atoms with van der Waals surface area (Å²) in [4.78, 5) is 3.73. The second-order valence-electron chi connectivity index (χ2n) is 1.72. The van der Waals surface area contributed by atoms with E-state index in [1.807, 2.05) is 7.85 Å². The normalized spacial score (nSPS) is 9.00. The molecule has 1 aromatic heterocycles. The van der Waals surface area contributed by atoms with Gasteiger partial charge in [0.05, 0.1) is 6.20 Å². The van der Waals surface area contributed by atoms with Crippen LogP contribution >= 0.6 is 0 Å². The van der Waals surface area contributed by atoms with E-state index < -0.39 is 0 Å². The second-order valence-corrected chi connectivity index (χ2v) is 1.72. The van der Waals surface area contributed by atoms with Crippen molar-refractivity contribution < 1.29 is 5.11 Å². The molecular weight excluding hydrogens is 101 g/mol. The highest BCUT2D eigenvalue weighted by atomic mass is 16.3. The van der Waals surface area contributed by atoms with Crippen molar-refractivity contribution in [1.82, 2.24) is 4.98 Å². The lowest BCUT2D eigenvalue weighted by Crippen LogP contribution is -2.00. The molecule has 0 saturated carbocycles. The first kappa shape index (κ1) is 5.16. The first-order valence-corrected chi connectivity index (χ1v) is 2.39. The van der Waals surface area contributed by atoms with Gasteiger partial charge in [0.2, 0.25) is 0 Å². The zero-order valence-electron chi connectivity index (χ0n) is 4.63. The summed E-state index contributed by atoms with van der Waals surface area (Å²) in [6.45, 7) is 0. The summed E-state index contributed by atoms with van der Waals surface area (Å²) in [6, 6.07) is 1.66. The van der Waals surface area contributed by atoms with Gasteiger partial charge in [-0.1, -0.05) is 5.46 Å². The van der Waals surface area contributed by atoms with E-state index in [0.29, 0.717) is 0 Å². The van der Waals surface area contributed by atoms with Crippen molar-refractivity contribution in [2.45, 2.75) is 0 Å². The fourth-order valence-electron chi connectivity index (χ4n) is 0.539. The summed E-state index contributed by atoms with van der Waals surface area (Å²) in [5.74, 6) is 0.227. The molecule has 0 radical (unpaired) electrons. The van der Waals surface area contributed by atoms with Gasteiger partial charge in [-0.05, 0) is 6.07 Å². The summed E-state index contributed by atoms with van der Waals surface area (Å²) in [5.41, 5.74) is 0.977. The van der Waals surface area contributed by atoms with Crippen LogP contribution in [-0.4, -0.2) is 17.9 Å². The lowest BCUT2D eigenvalue weighted by Gasteiger charge is -1.89. The van der Waals surface area contributed by atoms with Gasteiger partial charge in [0.25, 0.3) is 0 Å².